The molecule has 1 saturated carbocycles. The third-order valence-electron chi connectivity index (χ3n) is 3.61. The van der Waals surface area contributed by atoms with Crippen molar-refractivity contribution < 1.29 is 0 Å². The van der Waals surface area contributed by atoms with Crippen LogP contribution in [0.15, 0.2) is 18.3 Å². The van der Waals surface area contributed by atoms with E-state index in [0.717, 1.165) is 23.8 Å². The van der Waals surface area contributed by atoms with Gasteiger partial charge in [0.2, 0.25) is 0 Å². The minimum atomic E-state index is 0.541. The summed E-state index contributed by atoms with van der Waals surface area (Å²) in [6.07, 6.45) is 8.85. The third-order valence-corrected chi connectivity index (χ3v) is 3.92. The first-order chi connectivity index (χ1) is 8.29. The number of aromatic nitrogens is 1. The molecule has 17 heavy (non-hydrogen) atoms. The van der Waals surface area contributed by atoms with Gasteiger partial charge in [-0.15, -0.1) is 11.6 Å². The topological polar surface area (TPSA) is 16.1 Å². The fraction of sp³-hybridized carbons (Fsp3) is 0.643. The first-order valence-corrected chi connectivity index (χ1v) is 7.05. The second-order valence-corrected chi connectivity index (χ2v) is 5.31. The number of anilines is 1. The van der Waals surface area contributed by atoms with Crippen molar-refractivity contribution in [1.29, 1.82) is 0 Å². The summed E-state index contributed by atoms with van der Waals surface area (Å²) in [7, 11) is 2.14. The molecule has 0 spiro atoms. The molecule has 0 unspecified atom stereocenters. The van der Waals surface area contributed by atoms with Crippen LogP contribution in [-0.4, -0.2) is 18.6 Å². The van der Waals surface area contributed by atoms with Gasteiger partial charge in [0.15, 0.2) is 0 Å². The lowest BCUT2D eigenvalue weighted by molar-refractivity contribution is 0.361. The molecule has 0 atom stereocenters. The van der Waals surface area contributed by atoms with E-state index in [4.69, 9.17) is 11.6 Å². The van der Waals surface area contributed by atoms with Gasteiger partial charge in [-0.1, -0.05) is 25.3 Å². The molecular formula is C14H21ClN2. The van der Waals surface area contributed by atoms with Crippen LogP contribution in [0.4, 0.5) is 5.82 Å². The summed E-state index contributed by atoms with van der Waals surface area (Å²) < 4.78 is 0. The summed E-state index contributed by atoms with van der Waals surface area (Å²) in [4.78, 5) is 6.73. The number of pyridine rings is 1. The quantitative estimate of drug-likeness (QED) is 0.757. The Kier molecular flexibility index (Phi) is 4.66. The van der Waals surface area contributed by atoms with Crippen molar-refractivity contribution in [3.63, 3.8) is 0 Å². The van der Waals surface area contributed by atoms with Gasteiger partial charge in [-0.2, -0.15) is 0 Å². The summed E-state index contributed by atoms with van der Waals surface area (Å²) in [5.41, 5.74) is 1.08. The van der Waals surface area contributed by atoms with Crippen LogP contribution >= 0.6 is 11.6 Å². The highest BCUT2D eigenvalue weighted by atomic mass is 35.5. The molecule has 0 amide bonds. The van der Waals surface area contributed by atoms with E-state index in [-0.39, 0.29) is 0 Å². The van der Waals surface area contributed by atoms with Crippen LogP contribution in [-0.2, 0) is 5.88 Å². The van der Waals surface area contributed by atoms with E-state index in [1.165, 1.54) is 32.1 Å². The van der Waals surface area contributed by atoms with Crippen LogP contribution in [0.5, 0.6) is 0 Å². The van der Waals surface area contributed by atoms with Gasteiger partial charge in [0, 0.05) is 25.7 Å². The fourth-order valence-electron chi connectivity index (χ4n) is 2.57. The molecular weight excluding hydrogens is 232 g/mol. The molecule has 0 radical (unpaired) electrons. The number of alkyl halides is 1. The normalized spacial score (nSPS) is 17.1. The monoisotopic (exact) mass is 252 g/mol. The smallest absolute Gasteiger partial charge is 0.128 e. The summed E-state index contributed by atoms with van der Waals surface area (Å²) in [5.74, 6) is 2.45. The minimum absolute atomic E-state index is 0.541. The molecule has 0 saturated heterocycles. The molecule has 2 rings (SSSR count). The van der Waals surface area contributed by atoms with Gasteiger partial charge in [0.1, 0.15) is 5.82 Å². The zero-order valence-electron chi connectivity index (χ0n) is 10.5. The molecule has 0 aliphatic heterocycles. The largest absolute Gasteiger partial charge is 0.359 e. The van der Waals surface area contributed by atoms with Crippen LogP contribution in [0.25, 0.3) is 0 Å². The summed E-state index contributed by atoms with van der Waals surface area (Å²) in [6, 6.07) is 4.13. The van der Waals surface area contributed by atoms with Crippen molar-refractivity contribution >= 4 is 17.4 Å². The number of hydrogen-bond donors (Lipinski definition) is 0. The lowest BCUT2D eigenvalue weighted by Crippen LogP contribution is -2.27. The average Bonchev–Trinajstić information content (AvgIpc) is 2.40. The lowest BCUT2D eigenvalue weighted by atomic mass is 9.89. The van der Waals surface area contributed by atoms with Gasteiger partial charge in [-0.3, -0.25) is 0 Å². The van der Waals surface area contributed by atoms with Gasteiger partial charge in [0.05, 0.1) is 0 Å². The van der Waals surface area contributed by atoms with Gasteiger partial charge < -0.3 is 4.90 Å². The fourth-order valence-corrected chi connectivity index (χ4v) is 2.73. The van der Waals surface area contributed by atoms with E-state index in [1.807, 2.05) is 6.20 Å². The maximum Gasteiger partial charge on any atom is 0.128 e. The SMILES string of the molecule is CN(CC1CCCCC1)c1ccc(CCl)cn1. The van der Waals surface area contributed by atoms with Gasteiger partial charge in [0.25, 0.3) is 0 Å². The Bertz CT molecular complexity index is 331. The number of rotatable bonds is 4. The highest BCUT2D eigenvalue weighted by Crippen LogP contribution is 2.25. The minimum Gasteiger partial charge on any atom is -0.359 e. The summed E-state index contributed by atoms with van der Waals surface area (Å²) in [6.45, 7) is 1.13. The van der Waals surface area contributed by atoms with E-state index >= 15 is 0 Å². The first kappa shape index (κ1) is 12.7. The van der Waals surface area contributed by atoms with Crippen molar-refractivity contribution in [3.8, 4) is 0 Å². The Labute approximate surface area is 109 Å². The van der Waals surface area contributed by atoms with E-state index < -0.39 is 0 Å². The van der Waals surface area contributed by atoms with E-state index in [2.05, 4.69) is 29.1 Å². The van der Waals surface area contributed by atoms with Crippen molar-refractivity contribution in [1.82, 2.24) is 4.98 Å². The molecule has 1 aliphatic carbocycles. The summed E-state index contributed by atoms with van der Waals surface area (Å²) >= 11 is 5.76. The molecule has 1 heterocycles. The Morgan fingerprint density at radius 1 is 1.29 bits per heavy atom. The van der Waals surface area contributed by atoms with Gasteiger partial charge >= 0.3 is 0 Å². The van der Waals surface area contributed by atoms with Crippen LogP contribution in [0, 0.1) is 5.92 Å². The Hall–Kier alpha value is -0.760. The molecule has 3 heteroatoms. The maximum atomic E-state index is 5.76. The van der Waals surface area contributed by atoms with Crippen molar-refractivity contribution in [2.45, 2.75) is 38.0 Å². The highest BCUT2D eigenvalue weighted by Gasteiger charge is 2.15. The maximum absolute atomic E-state index is 5.76. The highest BCUT2D eigenvalue weighted by molar-refractivity contribution is 6.17. The van der Waals surface area contributed by atoms with Crippen LogP contribution in [0.3, 0.4) is 0 Å². The standard InChI is InChI=1S/C14H21ClN2/c1-17(11-12-5-3-2-4-6-12)14-8-7-13(9-15)10-16-14/h7-8,10,12H,2-6,9,11H2,1H3. The third kappa shape index (κ3) is 3.60. The van der Waals surface area contributed by atoms with Crippen LogP contribution in [0.2, 0.25) is 0 Å². The van der Waals surface area contributed by atoms with E-state index in [1.54, 1.807) is 0 Å². The first-order valence-electron chi connectivity index (χ1n) is 6.51. The van der Waals surface area contributed by atoms with E-state index in [9.17, 15) is 0 Å². The zero-order valence-corrected chi connectivity index (χ0v) is 11.3. The van der Waals surface area contributed by atoms with Crippen LogP contribution in [0.1, 0.15) is 37.7 Å². The lowest BCUT2D eigenvalue weighted by Gasteiger charge is -2.27. The van der Waals surface area contributed by atoms with Crippen molar-refractivity contribution in [2.24, 2.45) is 5.92 Å². The predicted octanol–water partition coefficient (Wildman–Crippen LogP) is 3.84. The molecule has 2 nitrogen and oxygen atoms in total. The number of nitrogens with zero attached hydrogens (tertiary/aromatic N) is 2. The second-order valence-electron chi connectivity index (χ2n) is 5.04. The predicted molar refractivity (Wildman–Crippen MR) is 73.6 cm³/mol. The average molecular weight is 253 g/mol. The van der Waals surface area contributed by atoms with Crippen molar-refractivity contribution in [2.75, 3.05) is 18.5 Å². The Morgan fingerprint density at radius 3 is 2.65 bits per heavy atom. The summed E-state index contributed by atoms with van der Waals surface area (Å²) in [5, 5.41) is 0. The molecule has 94 valence electrons. The molecule has 1 aliphatic rings. The van der Waals surface area contributed by atoms with Gasteiger partial charge in [-0.25, -0.2) is 4.98 Å². The zero-order chi connectivity index (χ0) is 12.1. The molecule has 1 aromatic rings. The molecule has 0 N–H and O–H groups in total. The van der Waals surface area contributed by atoms with E-state index in [0.29, 0.717) is 5.88 Å². The molecule has 1 fully saturated rings. The second kappa shape index (κ2) is 6.25. The Balaban J connectivity index is 1.91. The van der Waals surface area contributed by atoms with Crippen LogP contribution < -0.4 is 4.90 Å². The Morgan fingerprint density at radius 2 is 2.06 bits per heavy atom. The van der Waals surface area contributed by atoms with Crippen molar-refractivity contribution in [3.05, 3.63) is 23.9 Å². The number of halogens is 1. The number of hydrogen-bond acceptors (Lipinski definition) is 2. The van der Waals surface area contributed by atoms with Gasteiger partial charge in [-0.05, 0) is 30.4 Å². The molecule has 1 aromatic heterocycles. The molecule has 0 aromatic carbocycles. The molecule has 0 bridgehead atoms.